The molecule has 1 aromatic carbocycles. The standard InChI is InChI=1S/C18H30N4/c1-3-4-7-11-20-18(19-2)21-12-14-22-13-10-16-8-5-6-9-17(16)15-22/h5-6,8-9H,3-4,7,10-15H2,1-2H3,(H2,19,20,21). The summed E-state index contributed by atoms with van der Waals surface area (Å²) in [4.78, 5) is 6.79. The lowest BCUT2D eigenvalue weighted by Crippen LogP contribution is -2.42. The highest BCUT2D eigenvalue weighted by Crippen LogP contribution is 2.17. The predicted octanol–water partition coefficient (Wildman–Crippen LogP) is 2.40. The van der Waals surface area contributed by atoms with E-state index in [1.54, 1.807) is 0 Å². The van der Waals surface area contributed by atoms with Gasteiger partial charge in [-0.05, 0) is 24.0 Å². The van der Waals surface area contributed by atoms with Gasteiger partial charge in [-0.1, -0.05) is 44.0 Å². The van der Waals surface area contributed by atoms with Gasteiger partial charge in [0.15, 0.2) is 5.96 Å². The molecule has 0 saturated carbocycles. The van der Waals surface area contributed by atoms with Crippen LogP contribution in [0.2, 0.25) is 0 Å². The van der Waals surface area contributed by atoms with Crippen molar-refractivity contribution < 1.29 is 0 Å². The first-order chi connectivity index (χ1) is 10.8. The number of rotatable bonds is 7. The zero-order valence-electron chi connectivity index (χ0n) is 14.1. The molecule has 0 atom stereocenters. The van der Waals surface area contributed by atoms with Gasteiger partial charge in [-0.3, -0.25) is 9.89 Å². The van der Waals surface area contributed by atoms with Crippen LogP contribution in [-0.2, 0) is 13.0 Å². The van der Waals surface area contributed by atoms with Crippen molar-refractivity contribution in [3.8, 4) is 0 Å². The van der Waals surface area contributed by atoms with Gasteiger partial charge in [0, 0.05) is 39.8 Å². The highest BCUT2D eigenvalue weighted by Gasteiger charge is 2.14. The summed E-state index contributed by atoms with van der Waals surface area (Å²) < 4.78 is 0. The monoisotopic (exact) mass is 302 g/mol. The smallest absolute Gasteiger partial charge is 0.191 e. The molecule has 0 spiro atoms. The van der Waals surface area contributed by atoms with E-state index in [4.69, 9.17) is 0 Å². The minimum absolute atomic E-state index is 0.925. The van der Waals surface area contributed by atoms with Gasteiger partial charge in [-0.15, -0.1) is 0 Å². The summed E-state index contributed by atoms with van der Waals surface area (Å²) in [6, 6.07) is 8.79. The van der Waals surface area contributed by atoms with E-state index in [2.05, 4.69) is 51.7 Å². The Labute approximate surface area is 135 Å². The summed E-state index contributed by atoms with van der Waals surface area (Å²) in [6.07, 6.45) is 4.90. The van der Waals surface area contributed by atoms with Crippen LogP contribution in [0.3, 0.4) is 0 Å². The third-order valence-electron chi connectivity index (χ3n) is 4.23. The predicted molar refractivity (Wildman–Crippen MR) is 94.3 cm³/mol. The molecule has 22 heavy (non-hydrogen) atoms. The molecule has 4 heteroatoms. The number of guanidine groups is 1. The molecule has 0 unspecified atom stereocenters. The van der Waals surface area contributed by atoms with Crippen LogP contribution in [0.1, 0.15) is 37.3 Å². The zero-order chi connectivity index (χ0) is 15.6. The summed E-state index contributed by atoms with van der Waals surface area (Å²) in [5, 5.41) is 6.79. The van der Waals surface area contributed by atoms with E-state index in [9.17, 15) is 0 Å². The Kier molecular flexibility index (Phi) is 7.23. The number of unbranched alkanes of at least 4 members (excludes halogenated alkanes) is 2. The third-order valence-corrected chi connectivity index (χ3v) is 4.23. The number of hydrogen-bond donors (Lipinski definition) is 2. The van der Waals surface area contributed by atoms with Crippen LogP contribution in [0.15, 0.2) is 29.3 Å². The second kappa shape index (κ2) is 9.46. The van der Waals surface area contributed by atoms with Crippen molar-refractivity contribution in [2.75, 3.05) is 33.2 Å². The Balaban J connectivity index is 1.66. The van der Waals surface area contributed by atoms with E-state index in [0.717, 1.165) is 38.7 Å². The summed E-state index contributed by atoms with van der Waals surface area (Å²) in [7, 11) is 1.84. The number of benzene rings is 1. The second-order valence-electron chi connectivity index (χ2n) is 5.93. The maximum Gasteiger partial charge on any atom is 0.191 e. The third kappa shape index (κ3) is 5.34. The first kappa shape index (κ1) is 16.8. The molecule has 0 radical (unpaired) electrons. The van der Waals surface area contributed by atoms with Crippen LogP contribution in [-0.4, -0.2) is 44.1 Å². The highest BCUT2D eigenvalue weighted by molar-refractivity contribution is 5.79. The molecule has 4 nitrogen and oxygen atoms in total. The molecule has 0 fully saturated rings. The van der Waals surface area contributed by atoms with E-state index in [-0.39, 0.29) is 0 Å². The fourth-order valence-corrected chi connectivity index (χ4v) is 2.88. The topological polar surface area (TPSA) is 39.7 Å². The van der Waals surface area contributed by atoms with Gasteiger partial charge in [-0.25, -0.2) is 0 Å². The molecule has 0 amide bonds. The Morgan fingerprint density at radius 1 is 1.14 bits per heavy atom. The number of aliphatic imine (C=N–C) groups is 1. The number of hydrogen-bond acceptors (Lipinski definition) is 2. The molecule has 122 valence electrons. The molecule has 1 aliphatic rings. The lowest BCUT2D eigenvalue weighted by atomic mass is 10.00. The van der Waals surface area contributed by atoms with Crippen molar-refractivity contribution >= 4 is 5.96 Å². The average Bonchev–Trinajstić information content (AvgIpc) is 2.57. The van der Waals surface area contributed by atoms with Crippen molar-refractivity contribution in [1.29, 1.82) is 0 Å². The Hall–Kier alpha value is -1.55. The van der Waals surface area contributed by atoms with E-state index in [0.29, 0.717) is 0 Å². The number of nitrogens with one attached hydrogen (secondary N) is 2. The Morgan fingerprint density at radius 3 is 2.68 bits per heavy atom. The average molecular weight is 302 g/mol. The molecule has 0 aromatic heterocycles. The van der Waals surface area contributed by atoms with Crippen LogP contribution in [0.25, 0.3) is 0 Å². The van der Waals surface area contributed by atoms with Gasteiger partial charge in [0.05, 0.1) is 0 Å². The van der Waals surface area contributed by atoms with Gasteiger partial charge >= 0.3 is 0 Å². The Bertz CT molecular complexity index is 470. The van der Waals surface area contributed by atoms with Crippen LogP contribution in [0.4, 0.5) is 0 Å². The van der Waals surface area contributed by atoms with E-state index in [1.165, 1.54) is 36.8 Å². The van der Waals surface area contributed by atoms with Crippen LogP contribution in [0.5, 0.6) is 0 Å². The molecule has 2 rings (SSSR count). The molecule has 1 heterocycles. The van der Waals surface area contributed by atoms with Crippen molar-refractivity contribution in [1.82, 2.24) is 15.5 Å². The molecular weight excluding hydrogens is 272 g/mol. The Morgan fingerprint density at radius 2 is 1.91 bits per heavy atom. The fraction of sp³-hybridized carbons (Fsp3) is 0.611. The first-order valence-corrected chi connectivity index (χ1v) is 8.57. The summed E-state index contributed by atoms with van der Waals surface area (Å²) in [5.74, 6) is 0.925. The number of fused-ring (bicyclic) bond motifs is 1. The molecule has 0 bridgehead atoms. The van der Waals surface area contributed by atoms with Crippen LogP contribution >= 0.6 is 0 Å². The molecule has 2 N–H and O–H groups in total. The minimum atomic E-state index is 0.925. The van der Waals surface area contributed by atoms with Gasteiger partial charge < -0.3 is 10.6 Å². The van der Waals surface area contributed by atoms with Crippen molar-refractivity contribution in [2.45, 2.75) is 39.2 Å². The lowest BCUT2D eigenvalue weighted by Gasteiger charge is -2.28. The second-order valence-corrected chi connectivity index (χ2v) is 5.93. The van der Waals surface area contributed by atoms with Gasteiger partial charge in [-0.2, -0.15) is 0 Å². The first-order valence-electron chi connectivity index (χ1n) is 8.57. The van der Waals surface area contributed by atoms with Crippen molar-refractivity contribution in [2.24, 2.45) is 4.99 Å². The normalized spacial score (nSPS) is 15.5. The van der Waals surface area contributed by atoms with Crippen LogP contribution in [0, 0.1) is 0 Å². The van der Waals surface area contributed by atoms with E-state index < -0.39 is 0 Å². The summed E-state index contributed by atoms with van der Waals surface area (Å²) >= 11 is 0. The van der Waals surface area contributed by atoms with E-state index >= 15 is 0 Å². The molecular formula is C18H30N4. The molecule has 0 saturated heterocycles. The summed E-state index contributed by atoms with van der Waals surface area (Å²) in [6.45, 7) is 7.45. The van der Waals surface area contributed by atoms with Gasteiger partial charge in [0.2, 0.25) is 0 Å². The maximum absolute atomic E-state index is 4.28. The maximum atomic E-state index is 4.28. The van der Waals surface area contributed by atoms with Crippen molar-refractivity contribution in [3.63, 3.8) is 0 Å². The molecule has 1 aliphatic heterocycles. The highest BCUT2D eigenvalue weighted by atomic mass is 15.2. The number of nitrogens with zero attached hydrogens (tertiary/aromatic N) is 2. The largest absolute Gasteiger partial charge is 0.356 e. The van der Waals surface area contributed by atoms with Gasteiger partial charge in [0.25, 0.3) is 0 Å². The lowest BCUT2D eigenvalue weighted by molar-refractivity contribution is 0.258. The minimum Gasteiger partial charge on any atom is -0.356 e. The van der Waals surface area contributed by atoms with Crippen molar-refractivity contribution in [3.05, 3.63) is 35.4 Å². The fourth-order valence-electron chi connectivity index (χ4n) is 2.88. The van der Waals surface area contributed by atoms with Crippen LogP contribution < -0.4 is 10.6 Å². The SMILES string of the molecule is CCCCCNC(=NC)NCCN1CCc2ccccc2C1. The molecule has 1 aromatic rings. The quantitative estimate of drug-likeness (QED) is 0.461. The van der Waals surface area contributed by atoms with E-state index in [1.807, 2.05) is 7.05 Å². The zero-order valence-corrected chi connectivity index (χ0v) is 14.1. The summed E-state index contributed by atoms with van der Waals surface area (Å²) in [5.41, 5.74) is 3.00. The van der Waals surface area contributed by atoms with Gasteiger partial charge in [0.1, 0.15) is 0 Å². The molecule has 0 aliphatic carbocycles.